The number of benzene rings is 1. The summed E-state index contributed by atoms with van der Waals surface area (Å²) < 4.78 is 8.94. The quantitative estimate of drug-likeness (QED) is 0.625. The zero-order valence-corrected chi connectivity index (χ0v) is 20.3. The average Bonchev–Trinajstić information content (AvgIpc) is 3.37. The van der Waals surface area contributed by atoms with Gasteiger partial charge < -0.3 is 9.64 Å². The molecular formula is C20H21N3O3S4. The summed E-state index contributed by atoms with van der Waals surface area (Å²) in [6.45, 7) is 7.62. The van der Waals surface area contributed by atoms with Crippen molar-refractivity contribution in [2.24, 2.45) is 0 Å². The predicted molar refractivity (Wildman–Crippen MR) is 130 cm³/mol. The molecule has 0 bridgehead atoms. The summed E-state index contributed by atoms with van der Waals surface area (Å²) in [5, 5.41) is 0.898. The maximum atomic E-state index is 13.3. The van der Waals surface area contributed by atoms with Crippen LogP contribution < -0.4 is 24.4 Å². The molecule has 30 heavy (non-hydrogen) atoms. The number of hydrogen-bond acceptors (Lipinski definition) is 8. The molecule has 1 aromatic carbocycles. The highest BCUT2D eigenvalue weighted by atomic mass is 32.2. The van der Waals surface area contributed by atoms with E-state index in [4.69, 9.17) is 17.0 Å². The molecule has 1 aromatic heterocycles. The molecule has 2 aliphatic rings. The third-order valence-corrected chi connectivity index (χ3v) is 9.05. The topological polar surface area (TPSA) is 54.8 Å². The molecule has 0 unspecified atom stereocenters. The summed E-state index contributed by atoms with van der Waals surface area (Å²) in [6, 6.07) is 5.94. The maximum absolute atomic E-state index is 13.3. The summed E-state index contributed by atoms with van der Waals surface area (Å²) in [6.07, 6.45) is 0. The Bertz CT molecular complexity index is 1230. The number of carbonyl (C=O) groups excluding carboxylic acids is 1. The van der Waals surface area contributed by atoms with Crippen molar-refractivity contribution in [3.05, 3.63) is 37.7 Å². The van der Waals surface area contributed by atoms with Crippen LogP contribution in [0.2, 0.25) is 0 Å². The fourth-order valence-electron chi connectivity index (χ4n) is 3.47. The largest absolute Gasteiger partial charge is 0.497 e. The van der Waals surface area contributed by atoms with E-state index in [0.717, 1.165) is 27.9 Å². The minimum atomic E-state index is -0.119. The molecule has 1 fully saturated rings. The number of carbonyl (C=O) groups is 1. The second kappa shape index (κ2) is 8.41. The Hall–Kier alpha value is -1.75. The molecule has 0 aliphatic carbocycles. The number of fused-ring (bicyclic) bond motifs is 1. The van der Waals surface area contributed by atoms with Crippen molar-refractivity contribution in [1.82, 2.24) is 9.47 Å². The third-order valence-electron chi connectivity index (χ3n) is 4.98. The van der Waals surface area contributed by atoms with Gasteiger partial charge in [0, 0.05) is 30.6 Å². The van der Waals surface area contributed by atoms with Crippen molar-refractivity contribution >= 4 is 72.9 Å². The highest BCUT2D eigenvalue weighted by Crippen LogP contribution is 2.47. The monoisotopic (exact) mass is 479 g/mol. The first-order valence-corrected chi connectivity index (χ1v) is 12.5. The molecule has 0 N–H and O–H groups in total. The van der Waals surface area contributed by atoms with Gasteiger partial charge in [-0.25, -0.2) is 0 Å². The van der Waals surface area contributed by atoms with Gasteiger partial charge in [-0.3, -0.25) is 19.1 Å². The second-order valence-corrected chi connectivity index (χ2v) is 10.2. The molecule has 0 atom stereocenters. The molecule has 0 spiro atoms. The van der Waals surface area contributed by atoms with E-state index in [-0.39, 0.29) is 11.5 Å². The minimum Gasteiger partial charge on any atom is -0.497 e. The Morgan fingerprint density at radius 3 is 2.37 bits per heavy atom. The maximum Gasteiger partial charge on any atom is 0.271 e. The number of nitrogens with zero attached hydrogens (tertiary/aromatic N) is 3. The van der Waals surface area contributed by atoms with Crippen LogP contribution in [-0.4, -0.2) is 39.9 Å². The van der Waals surface area contributed by atoms with Gasteiger partial charge in [0.15, 0.2) is 0 Å². The van der Waals surface area contributed by atoms with Crippen LogP contribution in [0.25, 0.3) is 9.93 Å². The number of thiazole rings is 1. The van der Waals surface area contributed by atoms with Crippen LogP contribution in [-0.2, 0) is 11.3 Å². The van der Waals surface area contributed by atoms with E-state index in [1.807, 2.05) is 32.0 Å². The lowest BCUT2D eigenvalue weighted by Gasteiger charge is -2.17. The Kier molecular flexibility index (Phi) is 6.02. The number of ether oxygens (including phenoxy) is 1. The molecule has 0 saturated carbocycles. The average molecular weight is 480 g/mol. The molecule has 2 aromatic rings. The van der Waals surface area contributed by atoms with Gasteiger partial charge in [-0.2, -0.15) is 0 Å². The molecule has 4 rings (SSSR count). The van der Waals surface area contributed by atoms with E-state index in [1.54, 1.807) is 28.3 Å². The van der Waals surface area contributed by atoms with Gasteiger partial charge in [0.1, 0.15) is 29.2 Å². The molecule has 1 saturated heterocycles. The third kappa shape index (κ3) is 3.30. The molecule has 10 heteroatoms. The van der Waals surface area contributed by atoms with Gasteiger partial charge in [0.25, 0.3) is 11.5 Å². The van der Waals surface area contributed by atoms with Crippen molar-refractivity contribution in [1.29, 1.82) is 0 Å². The van der Waals surface area contributed by atoms with E-state index in [2.05, 4.69) is 11.8 Å². The molecule has 1 amide bonds. The van der Waals surface area contributed by atoms with Crippen LogP contribution in [0.15, 0.2) is 27.9 Å². The van der Waals surface area contributed by atoms with E-state index >= 15 is 0 Å². The molecule has 158 valence electrons. The van der Waals surface area contributed by atoms with Crippen LogP contribution in [0, 0.1) is 0 Å². The summed E-state index contributed by atoms with van der Waals surface area (Å²) in [5.41, 5.74) is 0.964. The summed E-state index contributed by atoms with van der Waals surface area (Å²) in [5.74, 6) is 0.663. The lowest BCUT2D eigenvalue weighted by Crippen LogP contribution is -2.35. The molecule has 0 radical (unpaired) electrons. The first kappa shape index (κ1) is 21.5. The number of methoxy groups -OCH3 is 1. The van der Waals surface area contributed by atoms with Gasteiger partial charge >= 0.3 is 0 Å². The first-order chi connectivity index (χ1) is 14.4. The Labute approximate surface area is 192 Å². The zero-order valence-electron chi connectivity index (χ0n) is 17.1. The van der Waals surface area contributed by atoms with Crippen LogP contribution in [0.4, 0.5) is 5.69 Å². The van der Waals surface area contributed by atoms with Crippen molar-refractivity contribution in [2.75, 3.05) is 25.1 Å². The number of amides is 1. The van der Waals surface area contributed by atoms with Crippen LogP contribution >= 0.6 is 47.1 Å². The zero-order chi connectivity index (χ0) is 21.6. The van der Waals surface area contributed by atoms with Gasteiger partial charge in [-0.15, -0.1) is 11.3 Å². The van der Waals surface area contributed by atoms with Gasteiger partial charge in [0.05, 0.1) is 12.8 Å². The SMILES string of the molecule is CCN1C(=O)/C(=c2/s/c(=C3\Sc4ccc(OC)cc4N3CC)c(=O)n2CC)SC1=S. The van der Waals surface area contributed by atoms with Crippen molar-refractivity contribution in [3.63, 3.8) is 0 Å². The second-order valence-electron chi connectivity index (χ2n) is 6.52. The number of thioether (sulfide) groups is 2. The predicted octanol–water partition coefficient (Wildman–Crippen LogP) is 2.62. The van der Waals surface area contributed by atoms with E-state index in [0.29, 0.717) is 31.5 Å². The number of thiocarbonyl (C=S) groups is 1. The van der Waals surface area contributed by atoms with Gasteiger partial charge in [0.2, 0.25) is 0 Å². The highest BCUT2D eigenvalue weighted by Gasteiger charge is 2.33. The molecular weight excluding hydrogens is 459 g/mol. The smallest absolute Gasteiger partial charge is 0.271 e. The van der Waals surface area contributed by atoms with Crippen molar-refractivity contribution in [2.45, 2.75) is 32.2 Å². The normalized spacial score (nSPS) is 19.7. The van der Waals surface area contributed by atoms with E-state index in [1.165, 1.54) is 23.1 Å². The van der Waals surface area contributed by atoms with Gasteiger partial charge in [-0.05, 0) is 32.9 Å². The molecule has 6 nitrogen and oxygen atoms in total. The Morgan fingerprint density at radius 2 is 1.77 bits per heavy atom. The number of hydrogen-bond donors (Lipinski definition) is 0. The van der Waals surface area contributed by atoms with Crippen molar-refractivity contribution < 1.29 is 9.53 Å². The summed E-state index contributed by atoms with van der Waals surface area (Å²) in [7, 11) is 1.65. The summed E-state index contributed by atoms with van der Waals surface area (Å²) in [4.78, 5) is 31.6. The lowest BCUT2D eigenvalue weighted by molar-refractivity contribution is -0.120. The number of rotatable bonds is 4. The highest BCUT2D eigenvalue weighted by molar-refractivity contribution is 8.30. The number of anilines is 1. The van der Waals surface area contributed by atoms with Crippen LogP contribution in [0.5, 0.6) is 5.75 Å². The Morgan fingerprint density at radius 1 is 1.03 bits per heavy atom. The molecule has 2 aliphatic heterocycles. The van der Waals surface area contributed by atoms with E-state index < -0.39 is 0 Å². The van der Waals surface area contributed by atoms with E-state index in [9.17, 15) is 9.59 Å². The lowest BCUT2D eigenvalue weighted by atomic mass is 10.2. The summed E-state index contributed by atoms with van der Waals surface area (Å²) >= 11 is 9.61. The van der Waals surface area contributed by atoms with Crippen molar-refractivity contribution in [3.8, 4) is 5.75 Å². The first-order valence-electron chi connectivity index (χ1n) is 9.60. The molecule has 3 heterocycles. The van der Waals surface area contributed by atoms with Gasteiger partial charge in [-0.1, -0.05) is 35.7 Å². The van der Waals surface area contributed by atoms with Crippen LogP contribution in [0.1, 0.15) is 20.8 Å². The minimum absolute atomic E-state index is 0.0695. The van der Waals surface area contributed by atoms with Crippen LogP contribution in [0.3, 0.4) is 0 Å². The fraction of sp³-hybridized carbons (Fsp3) is 0.350. The Balaban J connectivity index is 1.97. The standard InChI is InChI=1S/C20H21N3O3S4/c1-5-21-12-10-11(26-4)8-9-13(12)28-18(21)14-16(24)22(6-2)19(29-14)15-17(25)23(7-3)20(27)30-15/h8-10H,5-7H2,1-4H3/b18-14-,19-15-. The fourth-order valence-corrected chi connectivity index (χ4v) is 7.55. The number of aromatic nitrogens is 1.